The lowest BCUT2D eigenvalue weighted by molar-refractivity contribution is -0.111. The van der Waals surface area contributed by atoms with Gasteiger partial charge < -0.3 is 5.32 Å². The third kappa shape index (κ3) is 4.48. The monoisotopic (exact) mass is 513 g/mol. The van der Waals surface area contributed by atoms with Crippen molar-refractivity contribution >= 4 is 61.1 Å². The number of fused-ring (bicyclic) bond motifs is 1. The second-order valence-electron chi connectivity index (χ2n) is 7.40. The van der Waals surface area contributed by atoms with Crippen LogP contribution >= 0.6 is 23.2 Å². The zero-order valence-electron chi connectivity index (χ0n) is 17.7. The lowest BCUT2D eigenvalue weighted by Gasteiger charge is -2.17. The van der Waals surface area contributed by atoms with Gasteiger partial charge in [-0.2, -0.15) is 4.98 Å². The van der Waals surface area contributed by atoms with E-state index in [1.807, 2.05) is 30.3 Å². The first-order valence-corrected chi connectivity index (χ1v) is 12.5. The van der Waals surface area contributed by atoms with Crippen LogP contribution in [0.3, 0.4) is 0 Å². The van der Waals surface area contributed by atoms with E-state index in [4.69, 9.17) is 23.2 Å². The smallest absolute Gasteiger partial charge is 0.281 e. The molecule has 0 aliphatic heterocycles. The molecule has 0 aliphatic rings. The van der Waals surface area contributed by atoms with Crippen LogP contribution < -0.4 is 10.9 Å². The topological polar surface area (TPSA) is 98.1 Å². The number of amides is 1. The number of hydrogen-bond donors (Lipinski definition) is 1. The zero-order chi connectivity index (χ0) is 24.6. The summed E-state index contributed by atoms with van der Waals surface area (Å²) in [6.07, 6.45) is 0.999. The summed E-state index contributed by atoms with van der Waals surface area (Å²) in [5.74, 6) is -0.653. The average Bonchev–Trinajstić information content (AvgIpc) is 2.80. The summed E-state index contributed by atoms with van der Waals surface area (Å²) in [7, 11) is -3.62. The van der Waals surface area contributed by atoms with Gasteiger partial charge in [-0.25, -0.2) is 8.42 Å². The molecule has 4 rings (SSSR count). The van der Waals surface area contributed by atoms with Crippen LogP contribution in [0, 0.1) is 0 Å². The normalized spacial score (nSPS) is 11.4. The summed E-state index contributed by atoms with van der Waals surface area (Å²) in [6, 6.07) is 18.4. The number of sulfone groups is 1. The minimum Gasteiger partial charge on any atom is -0.320 e. The summed E-state index contributed by atoms with van der Waals surface area (Å²) in [5, 5.41) is 2.82. The SMILES string of the molecule is C=C(C(=O)Nc1cc(Cl)c(S(C)(=O)=O)cc1Cl)c1nc(=O)c2ccccc2n1-c1ccccc1. The van der Waals surface area contributed by atoms with E-state index >= 15 is 0 Å². The van der Waals surface area contributed by atoms with Gasteiger partial charge in [0, 0.05) is 11.9 Å². The molecule has 172 valence electrons. The highest BCUT2D eigenvalue weighted by atomic mass is 35.5. The van der Waals surface area contributed by atoms with Gasteiger partial charge in [0.25, 0.3) is 11.5 Å². The summed E-state index contributed by atoms with van der Waals surface area (Å²) in [4.78, 5) is 29.8. The maximum atomic E-state index is 13.1. The van der Waals surface area contributed by atoms with E-state index in [9.17, 15) is 18.0 Å². The molecule has 1 aromatic heterocycles. The molecule has 0 fully saturated rings. The predicted molar refractivity (Wildman–Crippen MR) is 135 cm³/mol. The molecule has 0 saturated heterocycles. The molecule has 0 bridgehead atoms. The Labute approximate surface area is 205 Å². The van der Waals surface area contributed by atoms with Gasteiger partial charge in [-0.1, -0.05) is 60.1 Å². The van der Waals surface area contributed by atoms with Gasteiger partial charge >= 0.3 is 0 Å². The summed E-state index contributed by atoms with van der Waals surface area (Å²) < 4.78 is 25.4. The Kier molecular flexibility index (Phi) is 6.31. The number of nitrogens with zero attached hydrogens (tertiary/aromatic N) is 2. The number of aromatic nitrogens is 2. The van der Waals surface area contributed by atoms with Crippen molar-refractivity contribution < 1.29 is 13.2 Å². The average molecular weight is 514 g/mol. The van der Waals surface area contributed by atoms with Crippen molar-refractivity contribution in [1.82, 2.24) is 9.55 Å². The Morgan fingerprint density at radius 2 is 1.65 bits per heavy atom. The molecular formula is C24H17Cl2N3O4S. The Bertz CT molecular complexity index is 1630. The van der Waals surface area contributed by atoms with Gasteiger partial charge in [-0.05, 0) is 36.4 Å². The third-order valence-corrected chi connectivity index (χ3v) is 6.90. The minimum atomic E-state index is -3.62. The second-order valence-corrected chi connectivity index (χ2v) is 10.2. The van der Waals surface area contributed by atoms with Crippen molar-refractivity contribution in [3.63, 3.8) is 0 Å². The van der Waals surface area contributed by atoms with E-state index in [0.29, 0.717) is 16.6 Å². The molecule has 1 N–H and O–H groups in total. The Balaban J connectivity index is 1.81. The van der Waals surface area contributed by atoms with Crippen molar-refractivity contribution in [3.05, 3.63) is 99.5 Å². The molecule has 4 aromatic rings. The van der Waals surface area contributed by atoms with Crippen LogP contribution in [-0.2, 0) is 14.6 Å². The van der Waals surface area contributed by atoms with Crippen molar-refractivity contribution in [2.75, 3.05) is 11.6 Å². The quantitative estimate of drug-likeness (QED) is 0.388. The lowest BCUT2D eigenvalue weighted by atomic mass is 10.1. The number of hydrogen-bond acceptors (Lipinski definition) is 5. The van der Waals surface area contributed by atoms with E-state index in [1.54, 1.807) is 28.8 Å². The van der Waals surface area contributed by atoms with Gasteiger partial charge in [-0.3, -0.25) is 14.2 Å². The van der Waals surface area contributed by atoms with E-state index in [2.05, 4.69) is 16.9 Å². The fourth-order valence-corrected chi connectivity index (χ4v) is 5.02. The van der Waals surface area contributed by atoms with Crippen LogP contribution in [0.15, 0.2) is 83.0 Å². The number of anilines is 1. The molecule has 0 saturated carbocycles. The van der Waals surface area contributed by atoms with E-state index in [1.165, 1.54) is 6.07 Å². The molecule has 0 aliphatic carbocycles. The summed E-state index contributed by atoms with van der Waals surface area (Å²) >= 11 is 12.3. The maximum absolute atomic E-state index is 13.1. The highest BCUT2D eigenvalue weighted by Crippen LogP contribution is 2.32. The number of para-hydroxylation sites is 2. The highest BCUT2D eigenvalue weighted by molar-refractivity contribution is 7.90. The Morgan fingerprint density at radius 3 is 2.32 bits per heavy atom. The van der Waals surface area contributed by atoms with Crippen molar-refractivity contribution in [1.29, 1.82) is 0 Å². The van der Waals surface area contributed by atoms with Crippen LogP contribution in [0.4, 0.5) is 5.69 Å². The van der Waals surface area contributed by atoms with E-state index in [0.717, 1.165) is 12.3 Å². The Hall–Kier alpha value is -3.46. The zero-order valence-corrected chi connectivity index (χ0v) is 20.1. The molecule has 10 heteroatoms. The molecular weight excluding hydrogens is 497 g/mol. The van der Waals surface area contributed by atoms with Gasteiger partial charge in [0.15, 0.2) is 15.7 Å². The molecule has 3 aromatic carbocycles. The minimum absolute atomic E-state index is 0.0297. The molecule has 7 nitrogen and oxygen atoms in total. The second kappa shape index (κ2) is 9.06. The fraction of sp³-hybridized carbons (Fsp3) is 0.0417. The number of benzene rings is 3. The summed E-state index contributed by atoms with van der Waals surface area (Å²) in [6.45, 7) is 3.86. The first-order chi connectivity index (χ1) is 16.1. The van der Waals surface area contributed by atoms with Crippen molar-refractivity contribution in [3.8, 4) is 5.69 Å². The van der Waals surface area contributed by atoms with Crippen molar-refractivity contribution in [2.45, 2.75) is 4.90 Å². The van der Waals surface area contributed by atoms with Gasteiger partial charge in [0.1, 0.15) is 0 Å². The lowest BCUT2D eigenvalue weighted by Crippen LogP contribution is -2.22. The molecule has 0 radical (unpaired) electrons. The van der Waals surface area contributed by atoms with Crippen LogP contribution in [-0.4, -0.2) is 30.1 Å². The van der Waals surface area contributed by atoms with Gasteiger partial charge in [0.05, 0.1) is 37.1 Å². The molecule has 34 heavy (non-hydrogen) atoms. The molecule has 0 unspecified atom stereocenters. The Morgan fingerprint density at radius 1 is 1.00 bits per heavy atom. The van der Waals surface area contributed by atoms with Crippen LogP contribution in [0.1, 0.15) is 5.82 Å². The number of nitrogens with one attached hydrogen (secondary N) is 1. The van der Waals surface area contributed by atoms with Crippen LogP contribution in [0.5, 0.6) is 0 Å². The highest BCUT2D eigenvalue weighted by Gasteiger charge is 2.22. The maximum Gasteiger partial charge on any atom is 0.281 e. The molecule has 1 heterocycles. The molecule has 0 atom stereocenters. The fourth-order valence-electron chi connectivity index (χ4n) is 3.42. The van der Waals surface area contributed by atoms with Gasteiger partial charge in [-0.15, -0.1) is 0 Å². The number of carbonyl (C=O) groups is 1. The van der Waals surface area contributed by atoms with Crippen LogP contribution in [0.2, 0.25) is 10.0 Å². The van der Waals surface area contributed by atoms with Gasteiger partial charge in [0.2, 0.25) is 0 Å². The summed E-state index contributed by atoms with van der Waals surface area (Å²) in [5.41, 5.74) is 0.695. The number of rotatable bonds is 5. The van der Waals surface area contributed by atoms with Crippen molar-refractivity contribution in [2.24, 2.45) is 0 Å². The van der Waals surface area contributed by atoms with Crippen LogP contribution in [0.25, 0.3) is 22.2 Å². The first kappa shape index (κ1) is 23.7. The molecule has 1 amide bonds. The predicted octanol–water partition coefficient (Wildman–Crippen LogP) is 4.75. The standard InChI is InChI=1S/C24H17Cl2N3O4S/c1-14(23(30)27-19-12-18(26)21(13-17(19)25)34(2,32)33)22-28-24(31)16-10-6-7-11-20(16)29(22)15-8-4-3-5-9-15/h3-13H,1H2,2H3,(H,27,30). The number of carbonyl (C=O) groups excluding carboxylic acids is 1. The third-order valence-electron chi connectivity index (χ3n) is 5.02. The number of halogens is 2. The molecule has 0 spiro atoms. The van der Waals surface area contributed by atoms with E-state index < -0.39 is 21.3 Å². The van der Waals surface area contributed by atoms with E-state index in [-0.39, 0.29) is 32.0 Å². The first-order valence-electron chi connectivity index (χ1n) is 9.85. The largest absolute Gasteiger partial charge is 0.320 e.